The number of hydrogen-bond acceptors (Lipinski definition) is 5. The van der Waals surface area contributed by atoms with E-state index < -0.39 is 0 Å². The lowest BCUT2D eigenvalue weighted by Crippen LogP contribution is -2.41. The van der Waals surface area contributed by atoms with Crippen molar-refractivity contribution in [1.29, 1.82) is 5.26 Å². The summed E-state index contributed by atoms with van der Waals surface area (Å²) in [6.07, 6.45) is 5.96. The van der Waals surface area contributed by atoms with E-state index in [1.807, 2.05) is 13.8 Å². The number of esters is 1. The van der Waals surface area contributed by atoms with Crippen LogP contribution in [0, 0.1) is 31.1 Å². The molecule has 0 bridgehead atoms. The van der Waals surface area contributed by atoms with Crippen molar-refractivity contribution in [2.75, 3.05) is 32.1 Å². The molecule has 152 valence electrons. The monoisotopic (exact) mass is 386 g/mol. The molecule has 1 N–H and O–H groups in total. The molecule has 1 saturated carbocycles. The minimum Gasteiger partial charge on any atom is -0.469 e. The number of carbonyl (C=O) groups excluding carboxylic acids is 2. The molecule has 1 saturated heterocycles. The van der Waals surface area contributed by atoms with E-state index in [-0.39, 0.29) is 24.3 Å². The standard InChI is InChI=1S/C21H30N4O3/c1-14-15(2)25(17-6-4-5-7-17)20(18(14)12-22)23-19(26)13-24-10-8-16(9-11-24)21(27)28-3/h16-17H,4-11,13H2,1-3H3,(H,23,26). The quantitative estimate of drug-likeness (QED) is 0.786. The zero-order chi connectivity index (χ0) is 20.3. The van der Waals surface area contributed by atoms with Gasteiger partial charge in [0.15, 0.2) is 0 Å². The molecule has 28 heavy (non-hydrogen) atoms. The number of rotatable bonds is 5. The van der Waals surface area contributed by atoms with Gasteiger partial charge in [0.1, 0.15) is 11.9 Å². The van der Waals surface area contributed by atoms with Gasteiger partial charge in [-0.1, -0.05) is 12.8 Å². The molecule has 1 aromatic heterocycles. The Hall–Kier alpha value is -2.33. The molecule has 1 aromatic rings. The van der Waals surface area contributed by atoms with Crippen LogP contribution in [0.2, 0.25) is 0 Å². The number of piperidine rings is 1. The molecule has 0 aromatic carbocycles. The van der Waals surface area contributed by atoms with Gasteiger partial charge in [-0.2, -0.15) is 5.26 Å². The minimum absolute atomic E-state index is 0.0700. The fourth-order valence-corrected chi connectivity index (χ4v) is 4.57. The largest absolute Gasteiger partial charge is 0.469 e. The summed E-state index contributed by atoms with van der Waals surface area (Å²) in [5, 5.41) is 12.7. The van der Waals surface area contributed by atoms with E-state index in [9.17, 15) is 14.9 Å². The van der Waals surface area contributed by atoms with Crippen LogP contribution in [0.5, 0.6) is 0 Å². The lowest BCUT2D eigenvalue weighted by atomic mass is 9.97. The van der Waals surface area contributed by atoms with Crippen LogP contribution in [-0.2, 0) is 14.3 Å². The first-order chi connectivity index (χ1) is 13.5. The van der Waals surface area contributed by atoms with Crippen LogP contribution in [0.4, 0.5) is 5.82 Å². The molecule has 7 nitrogen and oxygen atoms in total. The number of methoxy groups -OCH3 is 1. The second-order valence-corrected chi connectivity index (χ2v) is 7.98. The van der Waals surface area contributed by atoms with Crippen LogP contribution < -0.4 is 5.32 Å². The number of nitrogens with one attached hydrogen (secondary N) is 1. The van der Waals surface area contributed by atoms with Gasteiger partial charge in [-0.25, -0.2) is 0 Å². The molecule has 0 atom stereocenters. The number of likely N-dealkylation sites (tertiary alicyclic amines) is 1. The Morgan fingerprint density at radius 1 is 1.18 bits per heavy atom. The Labute approximate surface area is 166 Å². The number of ether oxygens (including phenoxy) is 1. The number of carbonyl (C=O) groups is 2. The maximum atomic E-state index is 12.7. The van der Waals surface area contributed by atoms with E-state index in [1.54, 1.807) is 0 Å². The third kappa shape index (κ3) is 4.07. The molecule has 2 fully saturated rings. The van der Waals surface area contributed by atoms with Gasteiger partial charge in [0.25, 0.3) is 0 Å². The molecule has 2 aliphatic rings. The van der Waals surface area contributed by atoms with Gasteiger partial charge < -0.3 is 14.6 Å². The smallest absolute Gasteiger partial charge is 0.308 e. The van der Waals surface area contributed by atoms with Gasteiger partial charge in [-0.3, -0.25) is 14.5 Å². The lowest BCUT2D eigenvalue weighted by Gasteiger charge is -2.30. The van der Waals surface area contributed by atoms with E-state index >= 15 is 0 Å². The van der Waals surface area contributed by atoms with Gasteiger partial charge in [0.2, 0.25) is 5.91 Å². The first kappa shape index (κ1) is 20.4. The number of anilines is 1. The number of amides is 1. The highest BCUT2D eigenvalue weighted by molar-refractivity contribution is 5.93. The summed E-state index contributed by atoms with van der Waals surface area (Å²) in [6, 6.07) is 2.64. The van der Waals surface area contributed by atoms with Crippen molar-refractivity contribution in [2.24, 2.45) is 5.92 Å². The topological polar surface area (TPSA) is 87.4 Å². The van der Waals surface area contributed by atoms with Crippen LogP contribution >= 0.6 is 0 Å². The highest BCUT2D eigenvalue weighted by Crippen LogP contribution is 2.37. The molecule has 7 heteroatoms. The Bertz CT molecular complexity index is 779. The second-order valence-electron chi connectivity index (χ2n) is 7.98. The molecule has 1 aliphatic carbocycles. The van der Waals surface area contributed by atoms with E-state index in [1.165, 1.54) is 20.0 Å². The van der Waals surface area contributed by atoms with Crippen LogP contribution in [-0.4, -0.2) is 48.1 Å². The van der Waals surface area contributed by atoms with Crippen LogP contribution in [0.3, 0.4) is 0 Å². The van der Waals surface area contributed by atoms with Crippen LogP contribution in [0.25, 0.3) is 0 Å². The number of nitriles is 1. The van der Waals surface area contributed by atoms with E-state index in [0.717, 1.165) is 24.1 Å². The number of nitrogens with zero attached hydrogens (tertiary/aromatic N) is 3. The SMILES string of the molecule is COC(=O)C1CCN(CC(=O)Nc2c(C#N)c(C)c(C)n2C2CCCC2)CC1. The predicted molar refractivity (Wildman–Crippen MR) is 106 cm³/mol. The van der Waals surface area contributed by atoms with Gasteiger partial charge in [0.05, 0.1) is 25.1 Å². The van der Waals surface area contributed by atoms with Gasteiger partial charge in [-0.05, 0) is 58.2 Å². The molecular weight excluding hydrogens is 356 g/mol. The zero-order valence-electron chi connectivity index (χ0n) is 17.1. The van der Waals surface area contributed by atoms with Crippen molar-refractivity contribution < 1.29 is 14.3 Å². The van der Waals surface area contributed by atoms with Crippen molar-refractivity contribution in [3.05, 3.63) is 16.8 Å². The van der Waals surface area contributed by atoms with Crippen LogP contribution in [0.15, 0.2) is 0 Å². The van der Waals surface area contributed by atoms with Crippen molar-refractivity contribution in [2.45, 2.75) is 58.4 Å². The van der Waals surface area contributed by atoms with Crippen molar-refractivity contribution >= 4 is 17.7 Å². The average molecular weight is 386 g/mol. The number of hydrogen-bond donors (Lipinski definition) is 1. The summed E-state index contributed by atoms with van der Waals surface area (Å²) in [5.41, 5.74) is 2.59. The fourth-order valence-electron chi connectivity index (χ4n) is 4.57. The molecule has 1 amide bonds. The molecule has 0 radical (unpaired) electrons. The Kier molecular flexibility index (Phi) is 6.40. The summed E-state index contributed by atoms with van der Waals surface area (Å²) < 4.78 is 6.98. The molecular formula is C21H30N4O3. The van der Waals surface area contributed by atoms with Crippen molar-refractivity contribution in [3.8, 4) is 6.07 Å². The molecule has 2 heterocycles. The molecule has 0 spiro atoms. The average Bonchev–Trinajstić information content (AvgIpc) is 3.29. The van der Waals surface area contributed by atoms with E-state index in [2.05, 4.69) is 20.9 Å². The van der Waals surface area contributed by atoms with Crippen LogP contribution in [0.1, 0.15) is 61.4 Å². The number of aromatic nitrogens is 1. The summed E-state index contributed by atoms with van der Waals surface area (Å²) >= 11 is 0. The second kappa shape index (κ2) is 8.78. The summed E-state index contributed by atoms with van der Waals surface area (Å²) in [5.74, 6) is 0.311. The third-order valence-electron chi connectivity index (χ3n) is 6.31. The highest BCUT2D eigenvalue weighted by Gasteiger charge is 2.29. The molecule has 0 unspecified atom stereocenters. The van der Waals surface area contributed by atoms with E-state index in [0.29, 0.717) is 43.4 Å². The Morgan fingerprint density at radius 2 is 1.82 bits per heavy atom. The van der Waals surface area contributed by atoms with Gasteiger partial charge in [0, 0.05) is 11.7 Å². The first-order valence-corrected chi connectivity index (χ1v) is 10.2. The van der Waals surface area contributed by atoms with E-state index in [4.69, 9.17) is 4.74 Å². The summed E-state index contributed by atoms with van der Waals surface area (Å²) in [4.78, 5) is 26.5. The van der Waals surface area contributed by atoms with Crippen molar-refractivity contribution in [1.82, 2.24) is 9.47 Å². The summed E-state index contributed by atoms with van der Waals surface area (Å²) in [7, 11) is 1.42. The summed E-state index contributed by atoms with van der Waals surface area (Å²) in [6.45, 7) is 5.64. The third-order valence-corrected chi connectivity index (χ3v) is 6.31. The highest BCUT2D eigenvalue weighted by atomic mass is 16.5. The lowest BCUT2D eigenvalue weighted by molar-refractivity contribution is -0.147. The predicted octanol–water partition coefficient (Wildman–Crippen LogP) is 2.92. The fraction of sp³-hybridized carbons (Fsp3) is 0.667. The maximum Gasteiger partial charge on any atom is 0.308 e. The van der Waals surface area contributed by atoms with Crippen molar-refractivity contribution in [3.63, 3.8) is 0 Å². The Balaban J connectivity index is 1.68. The molecule has 3 rings (SSSR count). The first-order valence-electron chi connectivity index (χ1n) is 10.2. The molecule has 1 aliphatic heterocycles. The van der Waals surface area contributed by atoms with Gasteiger partial charge >= 0.3 is 5.97 Å². The maximum absolute atomic E-state index is 12.7. The Morgan fingerprint density at radius 3 is 2.39 bits per heavy atom. The zero-order valence-corrected chi connectivity index (χ0v) is 17.1. The normalized spacial score (nSPS) is 18.8. The minimum atomic E-state index is -0.164. The van der Waals surface area contributed by atoms with Gasteiger partial charge in [-0.15, -0.1) is 0 Å².